The van der Waals surface area contributed by atoms with Crippen molar-refractivity contribution in [3.05, 3.63) is 75.8 Å². The zero-order valence-corrected chi connectivity index (χ0v) is 15.8. The minimum absolute atomic E-state index is 0.187. The van der Waals surface area contributed by atoms with Crippen molar-refractivity contribution in [2.45, 2.75) is 20.0 Å². The van der Waals surface area contributed by atoms with Crippen LogP contribution in [-0.4, -0.2) is 23.9 Å². The predicted molar refractivity (Wildman–Crippen MR) is 101 cm³/mol. The van der Waals surface area contributed by atoms with Gasteiger partial charge in [-0.25, -0.2) is 4.79 Å². The average molecular weight is 385 g/mol. The molecule has 6 nitrogen and oxygen atoms in total. The molecule has 3 heterocycles. The highest BCUT2D eigenvalue weighted by Gasteiger charge is 2.16. The number of hydrogen-bond donors (Lipinski definition) is 0. The van der Waals surface area contributed by atoms with E-state index in [0.717, 1.165) is 4.88 Å². The molecule has 0 N–H and O–H groups in total. The summed E-state index contributed by atoms with van der Waals surface area (Å²) in [5.74, 6) is 0.901. The summed E-state index contributed by atoms with van der Waals surface area (Å²) in [5.41, 5.74) is 0.343. The second-order valence-electron chi connectivity index (χ2n) is 5.80. The van der Waals surface area contributed by atoms with Crippen molar-refractivity contribution in [3.8, 4) is 0 Å². The highest BCUT2D eigenvalue weighted by atomic mass is 32.1. The van der Waals surface area contributed by atoms with E-state index in [2.05, 4.69) is 0 Å². The summed E-state index contributed by atoms with van der Waals surface area (Å²) in [4.78, 5) is 27.1. The molecule has 3 aromatic rings. The number of methoxy groups -OCH3 is 1. The highest BCUT2D eigenvalue weighted by Crippen LogP contribution is 2.18. The Labute approximate surface area is 160 Å². The number of rotatable bonds is 7. The molecular weight excluding hydrogens is 366 g/mol. The van der Waals surface area contributed by atoms with Gasteiger partial charge < -0.3 is 18.5 Å². The van der Waals surface area contributed by atoms with Crippen LogP contribution in [0.4, 0.5) is 0 Å². The van der Waals surface area contributed by atoms with Gasteiger partial charge in [-0.05, 0) is 42.6 Å². The van der Waals surface area contributed by atoms with E-state index in [4.69, 9.17) is 13.6 Å². The molecule has 3 aromatic heterocycles. The summed E-state index contributed by atoms with van der Waals surface area (Å²) in [6.07, 6.45) is 4.56. The number of ether oxygens (including phenoxy) is 1. The van der Waals surface area contributed by atoms with E-state index in [-0.39, 0.29) is 5.91 Å². The minimum Gasteiger partial charge on any atom is -0.467 e. The van der Waals surface area contributed by atoms with Crippen LogP contribution < -0.4 is 0 Å². The molecule has 0 bridgehead atoms. The zero-order chi connectivity index (χ0) is 19.2. The first kappa shape index (κ1) is 18.7. The van der Waals surface area contributed by atoms with E-state index in [1.165, 1.54) is 13.2 Å². The number of nitrogens with zero attached hydrogens (tertiary/aromatic N) is 1. The van der Waals surface area contributed by atoms with Crippen LogP contribution in [0.15, 0.2) is 56.9 Å². The van der Waals surface area contributed by atoms with Crippen LogP contribution in [0, 0.1) is 6.92 Å². The van der Waals surface area contributed by atoms with Gasteiger partial charge >= 0.3 is 5.97 Å². The van der Waals surface area contributed by atoms with Crippen LogP contribution in [0.25, 0.3) is 6.08 Å². The van der Waals surface area contributed by atoms with Gasteiger partial charge in [-0.2, -0.15) is 0 Å². The largest absolute Gasteiger partial charge is 0.467 e. The number of hydrogen-bond acceptors (Lipinski definition) is 6. The summed E-state index contributed by atoms with van der Waals surface area (Å²) < 4.78 is 15.6. The lowest BCUT2D eigenvalue weighted by Gasteiger charge is -2.19. The number of thiophene rings is 1. The van der Waals surface area contributed by atoms with Gasteiger partial charge in [0.15, 0.2) is 0 Å². The lowest BCUT2D eigenvalue weighted by Crippen LogP contribution is -2.27. The number of carbonyl (C=O) groups is 2. The molecule has 7 heteroatoms. The van der Waals surface area contributed by atoms with Crippen molar-refractivity contribution < 1.29 is 23.2 Å². The summed E-state index contributed by atoms with van der Waals surface area (Å²) in [6.45, 7) is 2.51. The number of aryl methyl sites for hydroxylation is 1. The van der Waals surface area contributed by atoms with E-state index in [1.807, 2.05) is 23.6 Å². The fraction of sp³-hybridized carbons (Fsp3) is 0.200. The average Bonchev–Trinajstić information content (AvgIpc) is 3.41. The Balaban J connectivity index is 1.75. The van der Waals surface area contributed by atoms with Gasteiger partial charge in [0.25, 0.3) is 0 Å². The second-order valence-corrected chi connectivity index (χ2v) is 6.83. The molecule has 0 unspecified atom stereocenters. The molecule has 140 valence electrons. The Bertz CT molecular complexity index is 886. The molecule has 3 rings (SSSR count). The van der Waals surface area contributed by atoms with Crippen LogP contribution in [-0.2, 0) is 22.6 Å². The molecule has 0 aliphatic rings. The maximum Gasteiger partial charge on any atom is 0.341 e. The van der Waals surface area contributed by atoms with Crippen LogP contribution in [0.2, 0.25) is 0 Å². The Morgan fingerprint density at radius 3 is 2.78 bits per heavy atom. The number of carbonyl (C=O) groups excluding carboxylic acids is 2. The van der Waals surface area contributed by atoms with Crippen molar-refractivity contribution >= 4 is 29.3 Å². The van der Waals surface area contributed by atoms with Gasteiger partial charge in [-0.1, -0.05) is 6.07 Å². The summed E-state index contributed by atoms with van der Waals surface area (Å²) >= 11 is 1.59. The van der Waals surface area contributed by atoms with E-state index < -0.39 is 5.97 Å². The summed E-state index contributed by atoms with van der Waals surface area (Å²) in [6, 6.07) is 9.11. The molecule has 0 aliphatic carbocycles. The molecule has 0 fully saturated rings. The monoisotopic (exact) mass is 385 g/mol. The molecule has 1 amide bonds. The molecule has 0 aliphatic heterocycles. The van der Waals surface area contributed by atoms with Gasteiger partial charge in [0, 0.05) is 11.0 Å². The third kappa shape index (κ3) is 4.77. The highest BCUT2D eigenvalue weighted by molar-refractivity contribution is 7.09. The van der Waals surface area contributed by atoms with Gasteiger partial charge in [0.2, 0.25) is 5.91 Å². The molecule has 0 saturated heterocycles. The smallest absolute Gasteiger partial charge is 0.341 e. The SMILES string of the molecule is COC(=O)c1cc(/C=C/C(=O)N(Cc2ccco2)Cc2cccs2)oc1C. The Morgan fingerprint density at radius 2 is 2.11 bits per heavy atom. The van der Waals surface area contributed by atoms with Crippen molar-refractivity contribution in [3.63, 3.8) is 0 Å². The number of furan rings is 2. The predicted octanol–water partition coefficient (Wildman–Crippen LogP) is 4.27. The van der Waals surface area contributed by atoms with Crippen molar-refractivity contribution in [1.82, 2.24) is 4.90 Å². The topological polar surface area (TPSA) is 72.9 Å². The van der Waals surface area contributed by atoms with Crippen molar-refractivity contribution in [2.24, 2.45) is 0 Å². The molecule has 0 aromatic carbocycles. The Hall–Kier alpha value is -3.06. The first-order valence-electron chi connectivity index (χ1n) is 8.27. The number of esters is 1. The van der Waals surface area contributed by atoms with Gasteiger partial charge in [-0.3, -0.25) is 4.79 Å². The molecule has 0 atom stereocenters. The van der Waals surface area contributed by atoms with Gasteiger partial charge in [0.05, 0.1) is 26.5 Å². The molecule has 0 saturated carbocycles. The van der Waals surface area contributed by atoms with Crippen LogP contribution in [0.3, 0.4) is 0 Å². The van der Waals surface area contributed by atoms with Crippen molar-refractivity contribution in [1.29, 1.82) is 0 Å². The second kappa shape index (κ2) is 8.55. The molecule has 27 heavy (non-hydrogen) atoms. The third-order valence-electron chi connectivity index (χ3n) is 3.90. The number of amides is 1. The Morgan fingerprint density at radius 1 is 1.26 bits per heavy atom. The normalized spacial score (nSPS) is 11.0. The fourth-order valence-corrected chi connectivity index (χ4v) is 3.27. The van der Waals surface area contributed by atoms with Crippen LogP contribution in [0.5, 0.6) is 0 Å². The first-order chi connectivity index (χ1) is 13.1. The minimum atomic E-state index is -0.473. The molecular formula is C20H19NO5S. The lowest BCUT2D eigenvalue weighted by molar-refractivity contribution is -0.127. The van der Waals surface area contributed by atoms with Crippen LogP contribution >= 0.6 is 11.3 Å². The fourth-order valence-electron chi connectivity index (χ4n) is 2.55. The maximum absolute atomic E-state index is 12.7. The quantitative estimate of drug-likeness (QED) is 0.449. The summed E-state index contributed by atoms with van der Waals surface area (Å²) in [7, 11) is 1.31. The van der Waals surface area contributed by atoms with E-state index in [0.29, 0.717) is 35.9 Å². The maximum atomic E-state index is 12.7. The lowest BCUT2D eigenvalue weighted by atomic mass is 10.2. The molecule has 0 spiro atoms. The zero-order valence-electron chi connectivity index (χ0n) is 15.0. The molecule has 0 radical (unpaired) electrons. The van der Waals surface area contributed by atoms with Gasteiger partial charge in [-0.15, -0.1) is 11.3 Å². The van der Waals surface area contributed by atoms with E-state index in [9.17, 15) is 9.59 Å². The van der Waals surface area contributed by atoms with Crippen molar-refractivity contribution in [2.75, 3.05) is 7.11 Å². The summed E-state index contributed by atoms with van der Waals surface area (Å²) in [5, 5.41) is 1.97. The standard InChI is InChI=1S/C20H19NO5S/c1-14-18(20(23)24-2)11-15(26-14)7-8-19(22)21(12-16-5-3-9-25-16)13-17-6-4-10-27-17/h3-11H,12-13H2,1-2H3/b8-7+. The van der Waals surface area contributed by atoms with E-state index in [1.54, 1.807) is 47.6 Å². The van der Waals surface area contributed by atoms with Gasteiger partial charge in [0.1, 0.15) is 22.8 Å². The third-order valence-corrected chi connectivity index (χ3v) is 4.76. The van der Waals surface area contributed by atoms with E-state index >= 15 is 0 Å². The van der Waals surface area contributed by atoms with Crippen LogP contribution in [0.1, 0.15) is 32.5 Å². The Kier molecular flexibility index (Phi) is 5.93. The first-order valence-corrected chi connectivity index (χ1v) is 9.15.